The molecule has 0 unspecified atom stereocenters. The van der Waals surface area contributed by atoms with E-state index in [-0.39, 0.29) is 42.6 Å². The number of nitrogens with one attached hydrogen (secondary N) is 1. The van der Waals surface area contributed by atoms with E-state index in [1.165, 1.54) is 48.5 Å². The molecule has 0 spiro atoms. The Bertz CT molecular complexity index is 1230. The van der Waals surface area contributed by atoms with Crippen molar-refractivity contribution in [3.63, 3.8) is 0 Å². The Morgan fingerprint density at radius 3 is 2.72 bits per heavy atom. The monoisotopic (exact) mass is 521 g/mol. The van der Waals surface area contributed by atoms with Crippen molar-refractivity contribution in [1.29, 1.82) is 0 Å². The van der Waals surface area contributed by atoms with Crippen molar-refractivity contribution in [3.05, 3.63) is 70.9 Å². The Balaban J connectivity index is 1.60. The van der Waals surface area contributed by atoms with Gasteiger partial charge >= 0.3 is 6.09 Å². The van der Waals surface area contributed by atoms with E-state index in [2.05, 4.69) is 10.3 Å². The summed E-state index contributed by atoms with van der Waals surface area (Å²) in [7, 11) is 1.48. The first kappa shape index (κ1) is 27.3. The summed E-state index contributed by atoms with van der Waals surface area (Å²) >= 11 is 5.95. The first-order chi connectivity index (χ1) is 17.2. The molecule has 0 aliphatic carbocycles. The van der Waals surface area contributed by atoms with E-state index in [9.17, 15) is 28.6 Å². The number of hydrogen-bond acceptors (Lipinski definition) is 6. The highest BCUT2D eigenvalue weighted by molar-refractivity contribution is 6.31. The largest absolute Gasteiger partial charge is 0.447 e. The van der Waals surface area contributed by atoms with Crippen molar-refractivity contribution in [2.75, 3.05) is 25.6 Å². The topological polar surface area (TPSA) is 112 Å². The van der Waals surface area contributed by atoms with Gasteiger partial charge in [0, 0.05) is 25.1 Å². The lowest BCUT2D eigenvalue weighted by molar-refractivity contribution is -0.133. The molecule has 0 aliphatic heterocycles. The summed E-state index contributed by atoms with van der Waals surface area (Å²) in [6, 6.07) is 9.24. The number of fused-ring (bicyclic) bond motifs is 1. The lowest BCUT2D eigenvalue weighted by Crippen LogP contribution is -2.43. The number of ether oxygens (including phenoxy) is 1. The zero-order valence-electron chi connectivity index (χ0n) is 19.5. The van der Waals surface area contributed by atoms with E-state index in [4.69, 9.17) is 16.3 Å². The molecule has 0 saturated carbocycles. The summed E-state index contributed by atoms with van der Waals surface area (Å²) in [4.78, 5) is 30.5. The van der Waals surface area contributed by atoms with Crippen LogP contribution in [0.2, 0.25) is 5.02 Å². The third-order valence-electron chi connectivity index (χ3n) is 5.66. The van der Waals surface area contributed by atoms with Gasteiger partial charge in [0.2, 0.25) is 5.91 Å². The van der Waals surface area contributed by atoms with Gasteiger partial charge in [-0.25, -0.2) is 18.6 Å². The standard InChI is InChI=1S/C25H26ClF2N3O5/c1-31(23(34)8-6-15-3-2-4-21(28)24(15)26)19(11-20(33)13-32)14-36-25(35)30-22-10-17-9-18(27)7-5-16(17)12-29-22/h2-5,7,9-10,12,19-20,32-33H,6,8,11,13-14H2,1H3,(H,29,30,35)/t19-,20+/m0/s1. The Hall–Kier alpha value is -3.34. The van der Waals surface area contributed by atoms with Crippen LogP contribution in [0.3, 0.4) is 0 Å². The number of aryl methyl sites for hydroxylation is 1. The second-order valence-electron chi connectivity index (χ2n) is 8.23. The van der Waals surface area contributed by atoms with Crippen molar-refractivity contribution in [2.45, 2.75) is 31.4 Å². The van der Waals surface area contributed by atoms with Gasteiger partial charge in [-0.3, -0.25) is 10.1 Å². The summed E-state index contributed by atoms with van der Waals surface area (Å²) in [6.07, 6.45) is -0.414. The van der Waals surface area contributed by atoms with Gasteiger partial charge in [0.25, 0.3) is 0 Å². The van der Waals surface area contributed by atoms with Crippen molar-refractivity contribution >= 4 is 40.2 Å². The number of anilines is 1. The fourth-order valence-electron chi connectivity index (χ4n) is 3.58. The Kier molecular flexibility index (Phi) is 9.51. The van der Waals surface area contributed by atoms with E-state index >= 15 is 0 Å². The van der Waals surface area contributed by atoms with Crippen molar-refractivity contribution in [3.8, 4) is 0 Å². The first-order valence-corrected chi connectivity index (χ1v) is 11.5. The summed E-state index contributed by atoms with van der Waals surface area (Å²) in [5, 5.41) is 22.8. The Morgan fingerprint density at radius 2 is 1.97 bits per heavy atom. The van der Waals surface area contributed by atoms with Crippen LogP contribution in [0.25, 0.3) is 10.8 Å². The number of aliphatic hydroxyl groups is 2. The first-order valence-electron chi connectivity index (χ1n) is 11.1. The number of likely N-dealkylation sites (N-methyl/N-ethyl adjacent to an activating group) is 1. The molecule has 0 radical (unpaired) electrons. The van der Waals surface area contributed by atoms with E-state index in [0.29, 0.717) is 16.3 Å². The molecule has 2 amide bonds. The second-order valence-corrected chi connectivity index (χ2v) is 8.61. The van der Waals surface area contributed by atoms with Gasteiger partial charge in [-0.2, -0.15) is 0 Å². The summed E-state index contributed by atoms with van der Waals surface area (Å²) in [5.41, 5.74) is 0.476. The predicted octanol–water partition coefficient (Wildman–Crippen LogP) is 3.92. The highest BCUT2D eigenvalue weighted by atomic mass is 35.5. The average Bonchev–Trinajstić information content (AvgIpc) is 2.86. The normalized spacial score (nSPS) is 12.7. The van der Waals surface area contributed by atoms with Crippen LogP contribution in [0.4, 0.5) is 19.4 Å². The molecule has 1 heterocycles. The molecule has 8 nitrogen and oxygen atoms in total. The van der Waals surface area contributed by atoms with Crippen LogP contribution in [0.5, 0.6) is 0 Å². The quantitative estimate of drug-likeness (QED) is 0.373. The maximum Gasteiger partial charge on any atom is 0.412 e. The molecular weight excluding hydrogens is 496 g/mol. The van der Waals surface area contributed by atoms with E-state index < -0.39 is 36.5 Å². The van der Waals surface area contributed by atoms with Gasteiger partial charge in [-0.15, -0.1) is 0 Å². The number of rotatable bonds is 10. The van der Waals surface area contributed by atoms with Crippen molar-refractivity contribution in [2.24, 2.45) is 0 Å². The van der Waals surface area contributed by atoms with Crippen LogP contribution < -0.4 is 5.32 Å². The van der Waals surface area contributed by atoms with E-state index in [1.54, 1.807) is 12.1 Å². The number of carbonyl (C=O) groups excluding carboxylic acids is 2. The minimum Gasteiger partial charge on any atom is -0.447 e. The summed E-state index contributed by atoms with van der Waals surface area (Å²) in [6.45, 7) is -0.824. The fourth-order valence-corrected chi connectivity index (χ4v) is 3.80. The fraction of sp³-hybridized carbons (Fsp3) is 0.320. The molecule has 0 bridgehead atoms. The molecule has 36 heavy (non-hydrogen) atoms. The third kappa shape index (κ3) is 7.33. The average molecular weight is 522 g/mol. The van der Waals surface area contributed by atoms with Crippen LogP contribution in [0.1, 0.15) is 18.4 Å². The van der Waals surface area contributed by atoms with Crippen LogP contribution in [0, 0.1) is 11.6 Å². The smallest absolute Gasteiger partial charge is 0.412 e. The number of amides is 2. The number of pyridine rings is 1. The predicted molar refractivity (Wildman–Crippen MR) is 131 cm³/mol. The number of halogens is 3. The SMILES string of the molecule is CN(C(=O)CCc1cccc(F)c1Cl)[C@H](COC(=O)Nc1cc2cc(F)ccc2cn1)C[C@@H](O)CO. The number of aromatic nitrogens is 1. The molecule has 11 heteroatoms. The molecule has 0 fully saturated rings. The molecule has 0 saturated heterocycles. The lowest BCUT2D eigenvalue weighted by atomic mass is 10.1. The number of aliphatic hydroxyl groups excluding tert-OH is 2. The minimum absolute atomic E-state index is 0.00480. The van der Waals surface area contributed by atoms with E-state index in [0.717, 1.165) is 0 Å². The molecule has 3 rings (SSSR count). The van der Waals surface area contributed by atoms with Crippen LogP contribution in [-0.4, -0.2) is 64.5 Å². The maximum atomic E-state index is 13.6. The van der Waals surface area contributed by atoms with Gasteiger partial charge in [0.1, 0.15) is 24.1 Å². The molecule has 3 N–H and O–H groups in total. The van der Waals surface area contributed by atoms with Crippen LogP contribution >= 0.6 is 11.6 Å². The van der Waals surface area contributed by atoms with Crippen LogP contribution in [0.15, 0.2) is 48.7 Å². The number of hydrogen-bond donors (Lipinski definition) is 3. The van der Waals surface area contributed by atoms with Crippen LogP contribution in [-0.2, 0) is 16.0 Å². The van der Waals surface area contributed by atoms with Gasteiger partial charge in [0.15, 0.2) is 0 Å². The Morgan fingerprint density at radius 1 is 1.19 bits per heavy atom. The molecule has 2 atom stereocenters. The highest BCUT2D eigenvalue weighted by Crippen LogP contribution is 2.22. The molecule has 192 valence electrons. The second kappa shape index (κ2) is 12.6. The molecule has 0 aliphatic rings. The number of nitrogens with zero attached hydrogens (tertiary/aromatic N) is 2. The number of benzene rings is 2. The lowest BCUT2D eigenvalue weighted by Gasteiger charge is -2.29. The van der Waals surface area contributed by atoms with Gasteiger partial charge < -0.3 is 19.8 Å². The third-order valence-corrected chi connectivity index (χ3v) is 6.08. The minimum atomic E-state index is -1.15. The maximum absolute atomic E-state index is 13.6. The molecule has 1 aromatic heterocycles. The Labute approximate surface area is 211 Å². The van der Waals surface area contributed by atoms with Gasteiger partial charge in [0.05, 0.1) is 23.8 Å². The molecular formula is C25H26ClF2N3O5. The summed E-state index contributed by atoms with van der Waals surface area (Å²) < 4.78 is 32.4. The number of carbonyl (C=O) groups is 2. The summed E-state index contributed by atoms with van der Waals surface area (Å²) in [5.74, 6) is -1.22. The van der Waals surface area contributed by atoms with E-state index in [1.807, 2.05) is 0 Å². The zero-order valence-corrected chi connectivity index (χ0v) is 20.2. The zero-order chi connectivity index (χ0) is 26.2. The highest BCUT2D eigenvalue weighted by Gasteiger charge is 2.25. The molecule has 2 aromatic carbocycles. The molecule has 3 aromatic rings. The van der Waals surface area contributed by atoms with Crippen molar-refractivity contribution in [1.82, 2.24) is 9.88 Å². The van der Waals surface area contributed by atoms with Crippen molar-refractivity contribution < 1.29 is 33.3 Å². The van der Waals surface area contributed by atoms with Gasteiger partial charge in [-0.1, -0.05) is 23.7 Å². The van der Waals surface area contributed by atoms with Gasteiger partial charge in [-0.05, 0) is 54.1 Å².